The Bertz CT molecular complexity index is 897. The van der Waals surface area contributed by atoms with E-state index in [9.17, 15) is 14.4 Å². The SMILES string of the molecule is CC(C)C[C@H](NC(=O)COC(=O)C[C@@H]1Oc2ccccc2NC1=O)c1ccccc1. The number of nitrogens with one attached hydrogen (secondary N) is 2. The second-order valence-electron chi connectivity index (χ2n) is 7.62. The van der Waals surface area contributed by atoms with E-state index in [2.05, 4.69) is 24.5 Å². The fraction of sp³-hybridized carbons (Fsp3) is 0.348. The number of fused-ring (bicyclic) bond motifs is 1. The van der Waals surface area contributed by atoms with Crippen LogP contribution >= 0.6 is 0 Å². The van der Waals surface area contributed by atoms with Gasteiger partial charge in [-0.2, -0.15) is 0 Å². The highest BCUT2D eigenvalue weighted by molar-refractivity contribution is 5.99. The molecule has 0 fully saturated rings. The lowest BCUT2D eigenvalue weighted by molar-refractivity contribution is -0.151. The van der Waals surface area contributed by atoms with Crippen LogP contribution in [-0.4, -0.2) is 30.5 Å². The standard InChI is InChI=1S/C23H26N2O5/c1-15(2)12-18(16-8-4-3-5-9-16)24-21(26)14-29-22(27)13-20-23(28)25-17-10-6-7-11-19(17)30-20/h3-11,15,18,20H,12-14H2,1-2H3,(H,24,26)(H,25,28)/t18-,20-/m0/s1. The van der Waals surface area contributed by atoms with Crippen LogP contribution in [0.5, 0.6) is 5.75 Å². The van der Waals surface area contributed by atoms with E-state index in [1.54, 1.807) is 24.3 Å². The van der Waals surface area contributed by atoms with Crippen LogP contribution in [0.3, 0.4) is 0 Å². The molecule has 0 bridgehead atoms. The largest absolute Gasteiger partial charge is 0.478 e. The molecule has 2 aromatic carbocycles. The first-order chi connectivity index (χ1) is 14.4. The first-order valence-corrected chi connectivity index (χ1v) is 9.99. The summed E-state index contributed by atoms with van der Waals surface area (Å²) in [5.74, 6) is -0.617. The van der Waals surface area contributed by atoms with Gasteiger partial charge >= 0.3 is 5.97 Å². The fourth-order valence-corrected chi connectivity index (χ4v) is 3.25. The third-order valence-electron chi connectivity index (χ3n) is 4.67. The van der Waals surface area contributed by atoms with E-state index >= 15 is 0 Å². The average Bonchev–Trinajstić information content (AvgIpc) is 2.72. The zero-order valence-electron chi connectivity index (χ0n) is 17.1. The summed E-state index contributed by atoms with van der Waals surface area (Å²) in [5, 5.41) is 5.61. The van der Waals surface area contributed by atoms with E-state index in [0.717, 1.165) is 12.0 Å². The topological polar surface area (TPSA) is 93.7 Å². The fourth-order valence-electron chi connectivity index (χ4n) is 3.25. The van der Waals surface area contributed by atoms with Crippen LogP contribution in [0.15, 0.2) is 54.6 Å². The van der Waals surface area contributed by atoms with Gasteiger partial charge in [0.1, 0.15) is 5.75 Å². The Morgan fingerprint density at radius 2 is 1.80 bits per heavy atom. The summed E-state index contributed by atoms with van der Waals surface area (Å²) in [5.41, 5.74) is 1.56. The molecule has 1 heterocycles. The number of carbonyl (C=O) groups is 3. The smallest absolute Gasteiger partial charge is 0.310 e. The van der Waals surface area contributed by atoms with Crippen molar-refractivity contribution in [2.45, 2.75) is 38.8 Å². The monoisotopic (exact) mass is 410 g/mol. The number of hydrogen-bond donors (Lipinski definition) is 2. The second-order valence-corrected chi connectivity index (χ2v) is 7.62. The molecule has 7 heteroatoms. The Morgan fingerprint density at radius 1 is 1.10 bits per heavy atom. The molecule has 2 N–H and O–H groups in total. The molecule has 158 valence electrons. The van der Waals surface area contributed by atoms with E-state index in [-0.39, 0.29) is 12.5 Å². The Balaban J connectivity index is 1.50. The minimum Gasteiger partial charge on any atom is -0.478 e. The molecule has 0 unspecified atom stereocenters. The zero-order chi connectivity index (χ0) is 21.5. The van der Waals surface area contributed by atoms with Gasteiger partial charge in [-0.05, 0) is 30.0 Å². The number of para-hydroxylation sites is 2. The van der Waals surface area contributed by atoms with Crippen molar-refractivity contribution in [1.82, 2.24) is 5.32 Å². The van der Waals surface area contributed by atoms with E-state index < -0.39 is 30.5 Å². The molecule has 7 nitrogen and oxygen atoms in total. The minimum absolute atomic E-state index is 0.165. The van der Waals surface area contributed by atoms with Crippen LogP contribution in [-0.2, 0) is 19.1 Å². The van der Waals surface area contributed by atoms with Crippen molar-refractivity contribution in [2.75, 3.05) is 11.9 Å². The van der Waals surface area contributed by atoms with Gasteiger partial charge in [-0.3, -0.25) is 14.4 Å². The molecule has 0 saturated carbocycles. The van der Waals surface area contributed by atoms with Crippen LogP contribution in [0.25, 0.3) is 0 Å². The van der Waals surface area contributed by atoms with Gasteiger partial charge in [0.2, 0.25) is 0 Å². The molecule has 0 aliphatic carbocycles. The summed E-state index contributed by atoms with van der Waals surface area (Å²) in [7, 11) is 0. The van der Waals surface area contributed by atoms with Crippen LogP contribution in [0.2, 0.25) is 0 Å². The summed E-state index contributed by atoms with van der Waals surface area (Å²) in [4.78, 5) is 36.6. The second kappa shape index (κ2) is 9.91. The molecule has 0 radical (unpaired) electrons. The van der Waals surface area contributed by atoms with E-state index in [1.807, 2.05) is 30.3 Å². The number of hydrogen-bond acceptors (Lipinski definition) is 5. The van der Waals surface area contributed by atoms with Crippen molar-refractivity contribution < 1.29 is 23.9 Å². The molecule has 2 atom stereocenters. The molecular weight excluding hydrogens is 384 g/mol. The Morgan fingerprint density at radius 3 is 2.53 bits per heavy atom. The molecule has 2 aromatic rings. The Labute approximate surface area is 175 Å². The van der Waals surface area contributed by atoms with Gasteiger partial charge in [0.05, 0.1) is 18.2 Å². The third kappa shape index (κ3) is 5.83. The lowest BCUT2D eigenvalue weighted by Gasteiger charge is -2.25. The van der Waals surface area contributed by atoms with Crippen LogP contribution in [0, 0.1) is 5.92 Å². The maximum absolute atomic E-state index is 12.3. The molecule has 2 amide bonds. The van der Waals surface area contributed by atoms with Crippen molar-refractivity contribution in [1.29, 1.82) is 0 Å². The lowest BCUT2D eigenvalue weighted by atomic mass is 9.97. The predicted molar refractivity (Wildman–Crippen MR) is 112 cm³/mol. The van der Waals surface area contributed by atoms with Gasteiger partial charge in [-0.25, -0.2) is 0 Å². The minimum atomic E-state index is -0.992. The van der Waals surface area contributed by atoms with Crippen molar-refractivity contribution >= 4 is 23.5 Å². The molecule has 3 rings (SSSR count). The van der Waals surface area contributed by atoms with Crippen LogP contribution in [0.4, 0.5) is 5.69 Å². The van der Waals surface area contributed by atoms with Gasteiger partial charge in [0.25, 0.3) is 11.8 Å². The van der Waals surface area contributed by atoms with Crippen molar-refractivity contribution in [3.63, 3.8) is 0 Å². The maximum Gasteiger partial charge on any atom is 0.310 e. The number of anilines is 1. The lowest BCUT2D eigenvalue weighted by Crippen LogP contribution is -2.39. The van der Waals surface area contributed by atoms with Gasteiger partial charge in [0, 0.05) is 0 Å². The van der Waals surface area contributed by atoms with Crippen molar-refractivity contribution in [2.24, 2.45) is 5.92 Å². The first-order valence-electron chi connectivity index (χ1n) is 9.99. The van der Waals surface area contributed by atoms with Crippen LogP contribution in [0.1, 0.15) is 38.3 Å². The van der Waals surface area contributed by atoms with E-state index in [1.165, 1.54) is 0 Å². The van der Waals surface area contributed by atoms with E-state index in [0.29, 0.717) is 17.4 Å². The summed E-state index contributed by atoms with van der Waals surface area (Å²) in [6.07, 6.45) is -0.505. The predicted octanol–water partition coefficient (Wildman–Crippen LogP) is 3.22. The number of benzene rings is 2. The molecule has 1 aliphatic rings. The average molecular weight is 410 g/mol. The van der Waals surface area contributed by atoms with Crippen LogP contribution < -0.4 is 15.4 Å². The summed E-state index contributed by atoms with van der Waals surface area (Å²) >= 11 is 0. The van der Waals surface area contributed by atoms with Gasteiger partial charge in [-0.15, -0.1) is 0 Å². The highest BCUT2D eigenvalue weighted by Crippen LogP contribution is 2.29. The molecule has 30 heavy (non-hydrogen) atoms. The molecule has 0 spiro atoms. The van der Waals surface area contributed by atoms with Gasteiger partial charge < -0.3 is 20.1 Å². The quantitative estimate of drug-likeness (QED) is 0.652. The number of rotatable bonds is 8. The first kappa shape index (κ1) is 21.4. The summed E-state index contributed by atoms with van der Waals surface area (Å²) < 4.78 is 10.6. The van der Waals surface area contributed by atoms with E-state index in [4.69, 9.17) is 9.47 Å². The number of amides is 2. The summed E-state index contributed by atoms with van der Waals surface area (Å²) in [6.45, 7) is 3.75. The van der Waals surface area contributed by atoms with Crippen molar-refractivity contribution in [3.8, 4) is 5.75 Å². The normalized spacial score (nSPS) is 16.1. The van der Waals surface area contributed by atoms with Crippen molar-refractivity contribution in [3.05, 3.63) is 60.2 Å². The van der Waals surface area contributed by atoms with Gasteiger partial charge in [-0.1, -0.05) is 56.3 Å². The maximum atomic E-state index is 12.3. The molecular formula is C23H26N2O5. The molecule has 0 saturated heterocycles. The number of carbonyl (C=O) groups excluding carboxylic acids is 3. The Kier molecular flexibility index (Phi) is 7.06. The van der Waals surface area contributed by atoms with Gasteiger partial charge in [0.15, 0.2) is 12.7 Å². The third-order valence-corrected chi connectivity index (χ3v) is 4.67. The Hall–Kier alpha value is -3.35. The molecule has 1 aliphatic heterocycles. The zero-order valence-corrected chi connectivity index (χ0v) is 17.1. The highest BCUT2D eigenvalue weighted by Gasteiger charge is 2.30. The molecule has 0 aromatic heterocycles. The number of ether oxygens (including phenoxy) is 2. The summed E-state index contributed by atoms with van der Waals surface area (Å²) in [6, 6.07) is 16.5. The number of esters is 1. The highest BCUT2D eigenvalue weighted by atomic mass is 16.5.